The van der Waals surface area contributed by atoms with Crippen LogP contribution >= 0.6 is 0 Å². The van der Waals surface area contributed by atoms with Crippen LogP contribution in [0.15, 0.2) is 78.0 Å². The van der Waals surface area contributed by atoms with E-state index in [0.29, 0.717) is 17.9 Å². The molecule has 1 atom stereocenters. The predicted octanol–water partition coefficient (Wildman–Crippen LogP) is 3.26. The number of piperazine rings is 1. The van der Waals surface area contributed by atoms with Crippen molar-refractivity contribution < 1.29 is 23.1 Å². The topological polar surface area (TPSA) is 136 Å². The number of aromatic nitrogens is 2. The van der Waals surface area contributed by atoms with E-state index in [0.717, 1.165) is 55.4 Å². The van der Waals surface area contributed by atoms with Crippen molar-refractivity contribution in [3.05, 3.63) is 78.6 Å². The van der Waals surface area contributed by atoms with E-state index >= 15 is 0 Å². The maximum Gasteiger partial charge on any atom is 0.323 e. The Balaban J connectivity index is 1.39. The summed E-state index contributed by atoms with van der Waals surface area (Å²) in [5, 5.41) is 12.7. The molecule has 1 unspecified atom stereocenters. The number of anilines is 2. The number of benzene rings is 2. The lowest BCUT2D eigenvalue weighted by atomic mass is 10.1. The second kappa shape index (κ2) is 14.7. The van der Waals surface area contributed by atoms with Crippen LogP contribution in [-0.4, -0.2) is 85.0 Å². The number of carbonyl (C=O) groups excluding carboxylic acids is 1. The summed E-state index contributed by atoms with van der Waals surface area (Å²) in [6.07, 6.45) is 6.63. The number of hydrogen-bond donors (Lipinski definition) is 2. The predicted molar refractivity (Wildman–Crippen MR) is 161 cm³/mol. The van der Waals surface area contributed by atoms with Crippen LogP contribution in [-0.2, 0) is 14.8 Å². The van der Waals surface area contributed by atoms with E-state index in [2.05, 4.69) is 25.1 Å². The van der Waals surface area contributed by atoms with Crippen LogP contribution in [0, 0.1) is 0 Å². The molecule has 2 heterocycles. The Bertz CT molecular complexity index is 1400. The number of unbranched alkanes of at least 4 members (excludes halogenated alkanes) is 3. The fraction of sp³-hybridized carbons (Fsp3) is 0.400. The minimum absolute atomic E-state index is 0.0192. The van der Waals surface area contributed by atoms with Crippen molar-refractivity contribution in [3.63, 3.8) is 0 Å². The van der Waals surface area contributed by atoms with Gasteiger partial charge in [-0.15, -0.1) is 0 Å². The van der Waals surface area contributed by atoms with E-state index < -0.39 is 27.9 Å². The average Bonchev–Trinajstić information content (AvgIpc) is 3.03. The van der Waals surface area contributed by atoms with Gasteiger partial charge in [0.1, 0.15) is 6.04 Å². The fourth-order valence-electron chi connectivity index (χ4n) is 4.91. The second-order valence-corrected chi connectivity index (χ2v) is 12.0. The van der Waals surface area contributed by atoms with E-state index in [1.54, 1.807) is 48.8 Å². The van der Waals surface area contributed by atoms with Gasteiger partial charge in [0.15, 0.2) is 0 Å². The van der Waals surface area contributed by atoms with E-state index in [1.807, 2.05) is 19.1 Å². The zero-order valence-corrected chi connectivity index (χ0v) is 24.6. The molecule has 2 aromatic carbocycles. The lowest BCUT2D eigenvalue weighted by molar-refractivity contribution is -0.141. The molecular weight excluding hydrogens is 556 g/mol. The molecule has 0 saturated carbocycles. The molecule has 2 N–H and O–H groups in total. The van der Waals surface area contributed by atoms with Crippen molar-refractivity contribution in [1.82, 2.24) is 19.6 Å². The van der Waals surface area contributed by atoms with Crippen LogP contribution in [0.5, 0.6) is 0 Å². The molecule has 1 aromatic heterocycles. The number of carboxylic acids is 1. The van der Waals surface area contributed by atoms with Crippen molar-refractivity contribution >= 4 is 33.5 Å². The molecule has 1 aliphatic rings. The van der Waals surface area contributed by atoms with Crippen LogP contribution in [0.1, 0.15) is 43.0 Å². The maximum atomic E-state index is 13.5. The highest BCUT2D eigenvalue weighted by Gasteiger charge is 2.36. The number of nitrogens with one attached hydrogen (secondary N) is 1. The lowest BCUT2D eigenvalue weighted by Gasteiger charge is -2.36. The Morgan fingerprint density at radius 3 is 2.17 bits per heavy atom. The smallest absolute Gasteiger partial charge is 0.323 e. The van der Waals surface area contributed by atoms with Crippen molar-refractivity contribution in [2.45, 2.75) is 43.5 Å². The first-order valence-corrected chi connectivity index (χ1v) is 15.7. The summed E-state index contributed by atoms with van der Waals surface area (Å²) in [5.41, 5.74) is 1.33. The summed E-state index contributed by atoms with van der Waals surface area (Å²) in [7, 11) is -4.10. The van der Waals surface area contributed by atoms with Crippen molar-refractivity contribution in [3.8, 4) is 0 Å². The molecule has 0 aliphatic carbocycles. The highest BCUT2D eigenvalue weighted by Crippen LogP contribution is 2.21. The van der Waals surface area contributed by atoms with E-state index in [9.17, 15) is 23.1 Å². The minimum atomic E-state index is -4.10. The Kier molecular flexibility index (Phi) is 10.8. The van der Waals surface area contributed by atoms with Crippen LogP contribution in [0.2, 0.25) is 0 Å². The first kappa shape index (κ1) is 30.9. The molecule has 1 amide bonds. The molecule has 0 radical (unpaired) electrons. The van der Waals surface area contributed by atoms with Crippen LogP contribution in [0.3, 0.4) is 0 Å². The van der Waals surface area contributed by atoms with E-state index in [4.69, 9.17) is 0 Å². The summed E-state index contributed by atoms with van der Waals surface area (Å²) in [6, 6.07) is 15.2. The molecule has 1 saturated heterocycles. The van der Waals surface area contributed by atoms with Gasteiger partial charge in [-0.1, -0.05) is 44.4 Å². The van der Waals surface area contributed by atoms with Gasteiger partial charge in [-0.05, 0) is 48.9 Å². The summed E-state index contributed by atoms with van der Waals surface area (Å²) >= 11 is 0. The summed E-state index contributed by atoms with van der Waals surface area (Å²) < 4.78 is 28.0. The third-order valence-electron chi connectivity index (χ3n) is 7.28. The zero-order chi connectivity index (χ0) is 30.0. The standard InChI is InChI=1S/C30H38N6O5S/c1-2-3-4-8-18-36(42(40,41)26-10-6-5-7-11-26)27(29(38)39)23-33-28(37)24-12-14-25(15-13-24)34-19-21-35(22-20-34)30-31-16-9-17-32-30/h5-7,9-17,27H,2-4,8,18-23H2,1H3,(H,33,37)(H,38,39). The lowest BCUT2D eigenvalue weighted by Crippen LogP contribution is -2.51. The van der Waals surface area contributed by atoms with Gasteiger partial charge >= 0.3 is 5.97 Å². The highest BCUT2D eigenvalue weighted by atomic mass is 32.2. The zero-order valence-electron chi connectivity index (χ0n) is 23.8. The molecule has 42 heavy (non-hydrogen) atoms. The first-order chi connectivity index (χ1) is 20.3. The molecule has 0 spiro atoms. The van der Waals surface area contributed by atoms with E-state index in [-0.39, 0.29) is 18.0 Å². The number of carbonyl (C=O) groups is 2. The second-order valence-electron chi connectivity index (χ2n) is 10.1. The summed E-state index contributed by atoms with van der Waals surface area (Å²) in [6.45, 7) is 4.80. The summed E-state index contributed by atoms with van der Waals surface area (Å²) in [4.78, 5) is 38.3. The quantitative estimate of drug-likeness (QED) is 0.270. The van der Waals surface area contributed by atoms with Crippen LogP contribution in [0.4, 0.5) is 11.6 Å². The number of aliphatic carboxylic acids is 1. The van der Waals surface area contributed by atoms with Gasteiger partial charge in [-0.3, -0.25) is 9.59 Å². The monoisotopic (exact) mass is 594 g/mol. The van der Waals surface area contributed by atoms with Crippen molar-refractivity contribution in [2.75, 3.05) is 49.1 Å². The van der Waals surface area contributed by atoms with Gasteiger partial charge in [-0.25, -0.2) is 18.4 Å². The van der Waals surface area contributed by atoms with Crippen molar-refractivity contribution in [1.29, 1.82) is 0 Å². The minimum Gasteiger partial charge on any atom is -0.480 e. The van der Waals surface area contributed by atoms with Crippen LogP contribution in [0.25, 0.3) is 0 Å². The number of rotatable bonds is 14. The van der Waals surface area contributed by atoms with Gasteiger partial charge in [0.05, 0.1) is 4.90 Å². The molecule has 4 rings (SSSR count). The van der Waals surface area contributed by atoms with Gasteiger partial charge in [-0.2, -0.15) is 4.31 Å². The Morgan fingerprint density at radius 2 is 1.55 bits per heavy atom. The van der Waals surface area contributed by atoms with Crippen LogP contribution < -0.4 is 15.1 Å². The molecule has 224 valence electrons. The van der Waals surface area contributed by atoms with Gasteiger partial charge in [0, 0.05) is 62.9 Å². The molecule has 3 aromatic rings. The van der Waals surface area contributed by atoms with Gasteiger partial charge < -0.3 is 20.2 Å². The SMILES string of the molecule is CCCCCCN(C(CNC(=O)c1ccc(N2CCN(c3ncccn3)CC2)cc1)C(=O)O)S(=O)(=O)c1ccccc1. The third kappa shape index (κ3) is 7.83. The molecule has 12 heteroatoms. The molecular formula is C30H38N6O5S. The Labute approximate surface area is 247 Å². The number of amides is 1. The Morgan fingerprint density at radius 1 is 0.905 bits per heavy atom. The van der Waals surface area contributed by atoms with Crippen molar-refractivity contribution in [2.24, 2.45) is 0 Å². The highest BCUT2D eigenvalue weighted by molar-refractivity contribution is 7.89. The number of sulfonamides is 1. The fourth-order valence-corrected chi connectivity index (χ4v) is 6.55. The third-order valence-corrected chi connectivity index (χ3v) is 9.20. The van der Waals surface area contributed by atoms with Gasteiger partial charge in [0.25, 0.3) is 5.91 Å². The summed E-state index contributed by atoms with van der Waals surface area (Å²) in [5.74, 6) is -1.08. The number of hydrogen-bond acceptors (Lipinski definition) is 8. The number of carboxylic acid groups (broad SMARTS) is 1. The molecule has 1 fully saturated rings. The number of nitrogens with zero attached hydrogens (tertiary/aromatic N) is 5. The largest absolute Gasteiger partial charge is 0.480 e. The Hall–Kier alpha value is -4.03. The first-order valence-electron chi connectivity index (χ1n) is 14.3. The molecule has 1 aliphatic heterocycles. The maximum absolute atomic E-state index is 13.5. The van der Waals surface area contributed by atoms with E-state index in [1.165, 1.54) is 12.1 Å². The molecule has 11 nitrogen and oxygen atoms in total. The van der Waals surface area contributed by atoms with Gasteiger partial charge in [0.2, 0.25) is 16.0 Å². The molecule has 0 bridgehead atoms. The average molecular weight is 595 g/mol. The normalized spacial score (nSPS) is 14.5.